The molecule has 1 N–H and O–H groups in total. The van der Waals surface area contributed by atoms with E-state index in [9.17, 15) is 18.0 Å². The zero-order chi connectivity index (χ0) is 19.9. The van der Waals surface area contributed by atoms with E-state index in [1.165, 1.54) is 0 Å². The summed E-state index contributed by atoms with van der Waals surface area (Å²) in [5.74, 6) is 0.472. The van der Waals surface area contributed by atoms with Crippen molar-refractivity contribution in [1.29, 1.82) is 0 Å². The third-order valence-electron chi connectivity index (χ3n) is 4.17. The number of carbonyl (C=O) groups is 1. The second-order valence-corrected chi connectivity index (χ2v) is 6.71. The van der Waals surface area contributed by atoms with Gasteiger partial charge in [0.2, 0.25) is 5.91 Å². The van der Waals surface area contributed by atoms with Gasteiger partial charge in [0, 0.05) is 37.7 Å². The molecule has 1 amide bonds. The first kappa shape index (κ1) is 21.3. The van der Waals surface area contributed by atoms with E-state index in [1.54, 1.807) is 17.0 Å². The van der Waals surface area contributed by atoms with E-state index in [1.807, 2.05) is 24.0 Å². The Balaban J connectivity index is 1.88. The molecule has 1 aromatic rings. The number of hydrogen-bond donors (Lipinski definition) is 1. The van der Waals surface area contributed by atoms with Crippen molar-refractivity contribution in [2.45, 2.75) is 25.9 Å². The van der Waals surface area contributed by atoms with Gasteiger partial charge in [0.1, 0.15) is 0 Å². The van der Waals surface area contributed by atoms with E-state index in [-0.39, 0.29) is 18.9 Å². The molecular weight excluding hydrogens is 381 g/mol. The van der Waals surface area contributed by atoms with Crippen molar-refractivity contribution in [1.82, 2.24) is 15.1 Å². The number of rotatable bonds is 5. The van der Waals surface area contributed by atoms with Gasteiger partial charge in [-0.15, -0.1) is 0 Å². The summed E-state index contributed by atoms with van der Waals surface area (Å²) in [5.41, 5.74) is 0.858. The fourth-order valence-corrected chi connectivity index (χ4v) is 3.03. The van der Waals surface area contributed by atoms with Crippen LogP contribution in [0, 0.1) is 0 Å². The zero-order valence-electron chi connectivity index (χ0n) is 15.2. The number of piperazine rings is 1. The molecule has 0 radical (unpaired) electrons. The first-order valence-electron chi connectivity index (χ1n) is 8.90. The van der Waals surface area contributed by atoms with Gasteiger partial charge in [-0.25, -0.2) is 0 Å². The van der Waals surface area contributed by atoms with Crippen molar-refractivity contribution in [3.8, 4) is 0 Å². The maximum Gasteiger partial charge on any atom is 0.390 e. The normalized spacial score (nSPS) is 15.8. The molecule has 2 rings (SSSR count). The van der Waals surface area contributed by atoms with E-state index in [0.29, 0.717) is 43.7 Å². The third-order valence-corrected chi connectivity index (χ3v) is 4.40. The largest absolute Gasteiger partial charge is 0.390 e. The Morgan fingerprint density at radius 1 is 1.22 bits per heavy atom. The monoisotopic (exact) mass is 404 g/mol. The van der Waals surface area contributed by atoms with Gasteiger partial charge < -0.3 is 15.1 Å². The second kappa shape index (κ2) is 9.82. The topological polar surface area (TPSA) is 47.9 Å². The molecule has 9 heteroatoms. The highest BCUT2D eigenvalue weighted by Crippen LogP contribution is 2.19. The summed E-state index contributed by atoms with van der Waals surface area (Å²) in [6, 6.07) is 7.20. The van der Waals surface area contributed by atoms with Crippen molar-refractivity contribution in [2.75, 3.05) is 39.3 Å². The average molecular weight is 405 g/mol. The van der Waals surface area contributed by atoms with Crippen LogP contribution in [0.25, 0.3) is 0 Å². The van der Waals surface area contributed by atoms with E-state index in [4.69, 9.17) is 11.6 Å². The highest BCUT2D eigenvalue weighted by atomic mass is 35.5. The minimum Gasteiger partial charge on any atom is -0.357 e. The molecule has 5 nitrogen and oxygen atoms in total. The van der Waals surface area contributed by atoms with Gasteiger partial charge in [-0.1, -0.05) is 23.7 Å². The molecule has 0 bridgehead atoms. The van der Waals surface area contributed by atoms with Crippen LogP contribution in [0.15, 0.2) is 29.3 Å². The summed E-state index contributed by atoms with van der Waals surface area (Å²) >= 11 is 5.95. The van der Waals surface area contributed by atoms with Gasteiger partial charge in [-0.3, -0.25) is 9.79 Å². The molecule has 0 unspecified atom stereocenters. The third kappa shape index (κ3) is 7.28. The number of aliphatic imine (C=N–C) groups is 1. The molecule has 0 atom stereocenters. The number of carbonyl (C=O) groups excluding carboxylic acids is 1. The minimum absolute atomic E-state index is 0.0101. The van der Waals surface area contributed by atoms with Crippen LogP contribution >= 0.6 is 11.6 Å². The van der Waals surface area contributed by atoms with Crippen LogP contribution in [0.4, 0.5) is 13.2 Å². The SMILES string of the molecule is CCNC(=NCCC(F)(F)F)N1CCN(C(=O)Cc2cccc(Cl)c2)CC1. The average Bonchev–Trinajstić information content (AvgIpc) is 2.60. The lowest BCUT2D eigenvalue weighted by atomic mass is 10.1. The summed E-state index contributed by atoms with van der Waals surface area (Å²) in [7, 11) is 0. The predicted octanol–water partition coefficient (Wildman–Crippen LogP) is 2.94. The van der Waals surface area contributed by atoms with Gasteiger partial charge in [-0.2, -0.15) is 13.2 Å². The second-order valence-electron chi connectivity index (χ2n) is 6.28. The molecule has 1 fully saturated rings. The molecule has 0 saturated carbocycles. The van der Waals surface area contributed by atoms with Crippen molar-refractivity contribution < 1.29 is 18.0 Å². The highest BCUT2D eigenvalue weighted by molar-refractivity contribution is 6.30. The van der Waals surface area contributed by atoms with Crippen molar-refractivity contribution in [2.24, 2.45) is 4.99 Å². The van der Waals surface area contributed by atoms with Crippen LogP contribution in [-0.4, -0.2) is 67.1 Å². The lowest BCUT2D eigenvalue weighted by molar-refractivity contribution is -0.133. The Kier molecular flexibility index (Phi) is 7.77. The van der Waals surface area contributed by atoms with Crippen LogP contribution in [0.5, 0.6) is 0 Å². The predicted molar refractivity (Wildman–Crippen MR) is 100.0 cm³/mol. The molecule has 27 heavy (non-hydrogen) atoms. The number of hydrogen-bond acceptors (Lipinski definition) is 2. The minimum atomic E-state index is -4.22. The van der Waals surface area contributed by atoms with Gasteiger partial charge in [0.05, 0.1) is 19.4 Å². The van der Waals surface area contributed by atoms with Gasteiger partial charge in [0.15, 0.2) is 5.96 Å². The summed E-state index contributed by atoms with van der Waals surface area (Å²) in [4.78, 5) is 20.2. The van der Waals surface area contributed by atoms with E-state index in [0.717, 1.165) is 5.56 Å². The van der Waals surface area contributed by atoms with Crippen LogP contribution in [0.1, 0.15) is 18.9 Å². The van der Waals surface area contributed by atoms with E-state index >= 15 is 0 Å². The Labute approximate surface area is 162 Å². The Morgan fingerprint density at radius 2 is 1.89 bits per heavy atom. The lowest BCUT2D eigenvalue weighted by Gasteiger charge is -2.36. The number of alkyl halides is 3. The lowest BCUT2D eigenvalue weighted by Crippen LogP contribution is -2.54. The smallest absolute Gasteiger partial charge is 0.357 e. The van der Waals surface area contributed by atoms with Gasteiger partial charge in [0.25, 0.3) is 0 Å². The van der Waals surface area contributed by atoms with Crippen LogP contribution < -0.4 is 5.32 Å². The summed E-state index contributed by atoms with van der Waals surface area (Å²) < 4.78 is 37.0. The number of nitrogens with zero attached hydrogens (tertiary/aromatic N) is 3. The summed E-state index contributed by atoms with van der Waals surface area (Å²) in [6.45, 7) is 4.19. The molecule has 0 aromatic heterocycles. The molecular formula is C18H24ClF3N4O. The van der Waals surface area contributed by atoms with Crippen molar-refractivity contribution in [3.63, 3.8) is 0 Å². The zero-order valence-corrected chi connectivity index (χ0v) is 16.0. The molecule has 0 aliphatic carbocycles. The van der Waals surface area contributed by atoms with E-state index in [2.05, 4.69) is 10.3 Å². The maximum absolute atomic E-state index is 12.5. The quantitative estimate of drug-likeness (QED) is 0.606. The van der Waals surface area contributed by atoms with Crippen LogP contribution in [-0.2, 0) is 11.2 Å². The number of benzene rings is 1. The van der Waals surface area contributed by atoms with Crippen molar-refractivity contribution >= 4 is 23.5 Å². The first-order chi connectivity index (χ1) is 12.8. The molecule has 150 valence electrons. The maximum atomic E-state index is 12.5. The number of amides is 1. The fraction of sp³-hybridized carbons (Fsp3) is 0.556. The van der Waals surface area contributed by atoms with Gasteiger partial charge >= 0.3 is 6.18 Å². The highest BCUT2D eigenvalue weighted by Gasteiger charge is 2.27. The Morgan fingerprint density at radius 3 is 2.48 bits per heavy atom. The van der Waals surface area contributed by atoms with E-state index < -0.39 is 12.6 Å². The molecule has 1 heterocycles. The number of halogens is 4. The van der Waals surface area contributed by atoms with Crippen molar-refractivity contribution in [3.05, 3.63) is 34.9 Å². The van der Waals surface area contributed by atoms with Gasteiger partial charge in [-0.05, 0) is 24.6 Å². The molecule has 1 aliphatic heterocycles. The number of guanidine groups is 1. The molecule has 1 aliphatic rings. The molecule has 0 spiro atoms. The Hall–Kier alpha value is -1.96. The standard InChI is InChI=1S/C18H24ClF3N4O/c1-2-23-17(24-7-6-18(20,21)22)26-10-8-25(9-11-26)16(27)13-14-4-3-5-15(19)12-14/h3-5,12H,2,6-11,13H2,1H3,(H,23,24). The fourth-order valence-electron chi connectivity index (χ4n) is 2.82. The first-order valence-corrected chi connectivity index (χ1v) is 9.28. The number of nitrogens with one attached hydrogen (secondary N) is 1. The summed E-state index contributed by atoms with van der Waals surface area (Å²) in [5, 5.41) is 3.61. The molecule has 1 saturated heterocycles. The summed E-state index contributed by atoms with van der Waals surface area (Å²) in [6.07, 6.45) is -4.88. The van der Waals surface area contributed by atoms with Crippen LogP contribution in [0.2, 0.25) is 5.02 Å². The molecule has 1 aromatic carbocycles. The Bertz CT molecular complexity index is 658. The van der Waals surface area contributed by atoms with Crippen LogP contribution in [0.3, 0.4) is 0 Å².